The molecule has 3 aromatic carbocycles. The van der Waals surface area contributed by atoms with Crippen molar-refractivity contribution in [1.82, 2.24) is 4.98 Å². The summed E-state index contributed by atoms with van der Waals surface area (Å²) < 4.78 is 10.8. The van der Waals surface area contributed by atoms with Gasteiger partial charge in [0.05, 0.1) is 25.6 Å². The number of nitrogens with zero attached hydrogens (tertiary/aromatic N) is 1. The van der Waals surface area contributed by atoms with Gasteiger partial charge >= 0.3 is 0 Å². The van der Waals surface area contributed by atoms with Crippen molar-refractivity contribution in [3.63, 3.8) is 0 Å². The third kappa shape index (κ3) is 3.29. The minimum atomic E-state index is 0.215. The number of phenols is 1. The van der Waals surface area contributed by atoms with Crippen LogP contribution in [0, 0.1) is 0 Å². The topological polar surface area (TPSA) is 51.6 Å². The minimum absolute atomic E-state index is 0.215. The highest BCUT2D eigenvalue weighted by Crippen LogP contribution is 2.34. The van der Waals surface area contributed by atoms with Gasteiger partial charge in [-0.15, -0.1) is 0 Å². The molecule has 0 aliphatic rings. The van der Waals surface area contributed by atoms with Gasteiger partial charge in [-0.05, 0) is 35.7 Å². The Morgan fingerprint density at radius 1 is 0.741 bits per heavy atom. The van der Waals surface area contributed by atoms with E-state index in [1.54, 1.807) is 26.4 Å². The van der Waals surface area contributed by atoms with Crippen LogP contribution in [-0.2, 0) is 0 Å². The Morgan fingerprint density at radius 2 is 1.48 bits per heavy atom. The third-order valence-electron chi connectivity index (χ3n) is 4.51. The summed E-state index contributed by atoms with van der Waals surface area (Å²) in [6, 6.07) is 23.0. The number of aromatic nitrogens is 1. The fraction of sp³-hybridized carbons (Fsp3) is 0.0870. The van der Waals surface area contributed by atoms with E-state index in [1.807, 2.05) is 48.5 Å². The number of rotatable bonds is 4. The molecule has 1 N–H and O–H groups in total. The van der Waals surface area contributed by atoms with E-state index in [2.05, 4.69) is 12.1 Å². The number of benzene rings is 3. The average Bonchev–Trinajstić information content (AvgIpc) is 2.72. The second kappa shape index (κ2) is 7.00. The first-order valence-corrected chi connectivity index (χ1v) is 8.60. The summed E-state index contributed by atoms with van der Waals surface area (Å²) in [6.07, 6.45) is 0. The molecule has 1 aromatic heterocycles. The van der Waals surface area contributed by atoms with Crippen LogP contribution in [0.2, 0.25) is 0 Å². The summed E-state index contributed by atoms with van der Waals surface area (Å²) in [5.74, 6) is 1.63. The molecule has 0 fully saturated rings. The molecule has 4 nitrogen and oxygen atoms in total. The van der Waals surface area contributed by atoms with E-state index in [0.717, 1.165) is 33.3 Å². The second-order valence-corrected chi connectivity index (χ2v) is 6.23. The molecule has 0 unspecified atom stereocenters. The van der Waals surface area contributed by atoms with Crippen molar-refractivity contribution in [1.29, 1.82) is 0 Å². The van der Waals surface area contributed by atoms with Crippen LogP contribution < -0.4 is 9.47 Å². The maximum absolute atomic E-state index is 9.91. The van der Waals surface area contributed by atoms with Gasteiger partial charge in [-0.25, -0.2) is 4.98 Å². The van der Waals surface area contributed by atoms with Gasteiger partial charge in [0.25, 0.3) is 0 Å². The van der Waals surface area contributed by atoms with Crippen molar-refractivity contribution < 1.29 is 14.6 Å². The lowest BCUT2D eigenvalue weighted by Gasteiger charge is -2.12. The van der Waals surface area contributed by atoms with Crippen molar-refractivity contribution in [3.8, 4) is 39.8 Å². The lowest BCUT2D eigenvalue weighted by atomic mass is 10.0. The Hall–Kier alpha value is -3.53. The van der Waals surface area contributed by atoms with Crippen LogP contribution in [0.4, 0.5) is 0 Å². The Balaban J connectivity index is 1.98. The predicted molar refractivity (Wildman–Crippen MR) is 107 cm³/mol. The van der Waals surface area contributed by atoms with Gasteiger partial charge in [-0.2, -0.15) is 0 Å². The molecule has 1 heterocycles. The van der Waals surface area contributed by atoms with Gasteiger partial charge in [0.1, 0.15) is 17.2 Å². The lowest BCUT2D eigenvalue weighted by Crippen LogP contribution is -1.93. The van der Waals surface area contributed by atoms with E-state index in [1.165, 1.54) is 0 Å². The van der Waals surface area contributed by atoms with Crippen molar-refractivity contribution >= 4 is 10.8 Å². The molecule has 134 valence electrons. The van der Waals surface area contributed by atoms with E-state index in [4.69, 9.17) is 14.5 Å². The standard InChI is InChI=1S/C23H19NO3/c1-26-19-11-17(12-20(14-19)27-2)22-13-15-6-3-4-9-21(15)23(24-22)16-7-5-8-18(25)10-16/h3-14,25H,1-2H3. The molecule has 4 heteroatoms. The van der Waals surface area contributed by atoms with Gasteiger partial charge in [-0.1, -0.05) is 36.4 Å². The summed E-state index contributed by atoms with van der Waals surface area (Å²) in [7, 11) is 3.26. The molecule has 0 radical (unpaired) electrons. The average molecular weight is 357 g/mol. The van der Waals surface area contributed by atoms with Crippen molar-refractivity contribution in [2.24, 2.45) is 0 Å². The molecule has 0 saturated carbocycles. The number of aromatic hydroxyl groups is 1. The largest absolute Gasteiger partial charge is 0.508 e. The zero-order chi connectivity index (χ0) is 18.8. The summed E-state index contributed by atoms with van der Waals surface area (Å²) >= 11 is 0. The fourth-order valence-corrected chi connectivity index (χ4v) is 3.18. The molecule has 0 saturated heterocycles. The maximum Gasteiger partial charge on any atom is 0.123 e. The Kier molecular flexibility index (Phi) is 4.38. The highest BCUT2D eigenvalue weighted by Gasteiger charge is 2.12. The van der Waals surface area contributed by atoms with Crippen LogP contribution in [0.15, 0.2) is 72.8 Å². The predicted octanol–water partition coefficient (Wildman–Crippen LogP) is 5.29. The number of fused-ring (bicyclic) bond motifs is 1. The zero-order valence-corrected chi connectivity index (χ0v) is 15.1. The number of phenolic OH excluding ortho intramolecular Hbond substituents is 1. The highest BCUT2D eigenvalue weighted by atomic mass is 16.5. The van der Waals surface area contributed by atoms with Gasteiger partial charge in [0.2, 0.25) is 0 Å². The molecule has 0 aliphatic carbocycles. The van der Waals surface area contributed by atoms with Crippen LogP contribution in [0.1, 0.15) is 0 Å². The van der Waals surface area contributed by atoms with Gasteiger partial charge in [-0.3, -0.25) is 0 Å². The van der Waals surface area contributed by atoms with Crippen molar-refractivity contribution in [3.05, 3.63) is 72.8 Å². The first-order chi connectivity index (χ1) is 13.2. The molecular formula is C23H19NO3. The molecule has 0 amide bonds. The van der Waals surface area contributed by atoms with Crippen molar-refractivity contribution in [2.45, 2.75) is 0 Å². The number of methoxy groups -OCH3 is 2. The third-order valence-corrected chi connectivity index (χ3v) is 4.51. The molecule has 0 aliphatic heterocycles. The summed E-state index contributed by atoms with van der Waals surface area (Å²) in [6.45, 7) is 0. The number of hydrogen-bond donors (Lipinski definition) is 1. The minimum Gasteiger partial charge on any atom is -0.508 e. The smallest absolute Gasteiger partial charge is 0.123 e. The second-order valence-electron chi connectivity index (χ2n) is 6.23. The monoisotopic (exact) mass is 357 g/mol. The molecule has 0 atom stereocenters. The number of hydrogen-bond acceptors (Lipinski definition) is 4. The summed E-state index contributed by atoms with van der Waals surface area (Å²) in [4.78, 5) is 4.91. The Labute approximate surface area is 157 Å². The first kappa shape index (κ1) is 16.9. The fourth-order valence-electron chi connectivity index (χ4n) is 3.18. The summed E-state index contributed by atoms with van der Waals surface area (Å²) in [5, 5.41) is 12.0. The number of pyridine rings is 1. The van der Waals surface area contributed by atoms with Crippen LogP contribution >= 0.6 is 0 Å². The molecule has 0 spiro atoms. The maximum atomic E-state index is 9.91. The zero-order valence-electron chi connectivity index (χ0n) is 15.1. The van der Waals surface area contributed by atoms with E-state index in [9.17, 15) is 5.11 Å². The van der Waals surface area contributed by atoms with Crippen LogP contribution in [0.5, 0.6) is 17.2 Å². The van der Waals surface area contributed by atoms with E-state index < -0.39 is 0 Å². The van der Waals surface area contributed by atoms with E-state index >= 15 is 0 Å². The van der Waals surface area contributed by atoms with Gasteiger partial charge < -0.3 is 14.6 Å². The lowest BCUT2D eigenvalue weighted by molar-refractivity contribution is 0.394. The van der Waals surface area contributed by atoms with E-state index in [0.29, 0.717) is 11.5 Å². The van der Waals surface area contributed by atoms with Crippen molar-refractivity contribution in [2.75, 3.05) is 14.2 Å². The highest BCUT2D eigenvalue weighted by molar-refractivity contribution is 5.97. The molecule has 4 rings (SSSR count). The normalized spacial score (nSPS) is 10.7. The molecule has 4 aromatic rings. The SMILES string of the molecule is COc1cc(OC)cc(-c2cc3ccccc3c(-c3cccc(O)c3)n2)c1. The van der Waals surface area contributed by atoms with E-state index in [-0.39, 0.29) is 5.75 Å². The van der Waals surface area contributed by atoms with Gasteiger partial charge in [0, 0.05) is 22.6 Å². The van der Waals surface area contributed by atoms with Crippen LogP contribution in [-0.4, -0.2) is 24.3 Å². The number of ether oxygens (including phenoxy) is 2. The Morgan fingerprint density at radius 3 is 2.19 bits per heavy atom. The molecule has 0 bridgehead atoms. The van der Waals surface area contributed by atoms with Gasteiger partial charge in [0.15, 0.2) is 0 Å². The Bertz CT molecular complexity index is 1100. The molecular weight excluding hydrogens is 338 g/mol. The first-order valence-electron chi connectivity index (χ1n) is 8.60. The molecule has 27 heavy (non-hydrogen) atoms. The van der Waals surface area contributed by atoms with Crippen LogP contribution in [0.25, 0.3) is 33.3 Å². The summed E-state index contributed by atoms with van der Waals surface area (Å²) in [5.41, 5.74) is 3.39. The van der Waals surface area contributed by atoms with Crippen LogP contribution in [0.3, 0.4) is 0 Å². The quantitative estimate of drug-likeness (QED) is 0.539.